The average Bonchev–Trinajstić information content (AvgIpc) is 3.10. The highest BCUT2D eigenvalue weighted by Crippen LogP contribution is 2.33. The van der Waals surface area contributed by atoms with Gasteiger partial charge in [-0.1, -0.05) is 44.6 Å². The summed E-state index contributed by atoms with van der Waals surface area (Å²) in [7, 11) is 0. The van der Waals surface area contributed by atoms with Crippen LogP contribution in [0, 0.1) is 0 Å². The molecule has 1 aromatic carbocycles. The van der Waals surface area contributed by atoms with Gasteiger partial charge in [0.05, 0.1) is 17.7 Å². The molecule has 3 rings (SSSR count). The molecule has 38 heavy (non-hydrogen) atoms. The molecule has 2 aliphatic rings. The molecule has 0 bridgehead atoms. The Morgan fingerprint density at radius 2 is 1.58 bits per heavy atom. The number of piperidine rings is 1. The van der Waals surface area contributed by atoms with Crippen molar-refractivity contribution in [2.24, 2.45) is 5.73 Å². The van der Waals surface area contributed by atoms with Gasteiger partial charge in [-0.15, -0.1) is 0 Å². The number of nitrogens with one attached hydrogen (secondary N) is 1. The van der Waals surface area contributed by atoms with Gasteiger partial charge in [0.1, 0.15) is 11.8 Å². The number of nitrogens with zero attached hydrogens (tertiary/aromatic N) is 1. The minimum absolute atomic E-state index is 0.0974. The number of carboxylic acid groups (broad SMARTS) is 1. The predicted molar refractivity (Wildman–Crippen MR) is 128 cm³/mol. The summed E-state index contributed by atoms with van der Waals surface area (Å²) in [6.07, 6.45) is 4.13. The number of benzene rings is 1. The molecule has 0 spiro atoms. The van der Waals surface area contributed by atoms with Crippen molar-refractivity contribution >= 4 is 29.6 Å². The van der Waals surface area contributed by atoms with Crippen molar-refractivity contribution in [1.82, 2.24) is 10.2 Å². The van der Waals surface area contributed by atoms with Gasteiger partial charge in [-0.05, 0) is 37.9 Å². The molecule has 4 amide bonds. The number of amides is 4. The lowest BCUT2D eigenvalue weighted by atomic mass is 10.0. The maximum absolute atomic E-state index is 13.0. The number of hydrogen-bond donors (Lipinski definition) is 3. The fraction of sp³-hybridized carbons (Fsp3) is 0.560. The lowest BCUT2D eigenvalue weighted by molar-refractivity contribution is -0.192. The van der Waals surface area contributed by atoms with E-state index in [0.717, 1.165) is 37.1 Å². The van der Waals surface area contributed by atoms with Crippen molar-refractivity contribution in [2.45, 2.75) is 76.4 Å². The van der Waals surface area contributed by atoms with E-state index in [1.807, 2.05) is 0 Å². The number of ether oxygens (including phenoxy) is 1. The maximum atomic E-state index is 13.0. The molecule has 2 heterocycles. The first-order valence-corrected chi connectivity index (χ1v) is 12.5. The summed E-state index contributed by atoms with van der Waals surface area (Å²) in [5, 5.41) is 9.33. The van der Waals surface area contributed by atoms with Crippen molar-refractivity contribution < 1.29 is 47.0 Å². The summed E-state index contributed by atoms with van der Waals surface area (Å²) >= 11 is 0. The smallest absolute Gasteiger partial charge is 0.490 e. The van der Waals surface area contributed by atoms with Crippen molar-refractivity contribution in [3.8, 4) is 5.75 Å². The second kappa shape index (κ2) is 14.5. The van der Waals surface area contributed by atoms with Crippen molar-refractivity contribution in [2.75, 3.05) is 13.2 Å². The number of rotatable bonds is 12. The Morgan fingerprint density at radius 3 is 2.13 bits per heavy atom. The van der Waals surface area contributed by atoms with Gasteiger partial charge in [-0.3, -0.25) is 29.4 Å². The van der Waals surface area contributed by atoms with Crippen molar-refractivity contribution in [3.05, 3.63) is 29.3 Å². The SMILES string of the molecule is NCCCCCCCCCCOc1cccc2c1C(=O)N(C1CCC(=O)NC1=O)C2=O.O=C(O)C(F)(F)F. The van der Waals surface area contributed by atoms with Crippen molar-refractivity contribution in [1.29, 1.82) is 0 Å². The standard InChI is InChI=1S/C23H31N3O5.C2HF3O2/c24-14-7-5-3-1-2-4-6-8-15-31-18-11-9-10-16-20(18)23(30)26(22(16)29)17-12-13-19(27)25-21(17)28;3-2(4,5)1(6)7/h9-11,17H,1-8,12-15,24H2,(H,25,27,28);(H,6,7). The zero-order valence-corrected chi connectivity index (χ0v) is 20.8. The largest absolute Gasteiger partial charge is 0.493 e. The predicted octanol–water partition coefficient (Wildman–Crippen LogP) is 3.18. The van der Waals surface area contributed by atoms with Crippen LogP contribution in [-0.4, -0.2) is 65.0 Å². The molecule has 0 aliphatic carbocycles. The number of aliphatic carboxylic acids is 1. The molecule has 4 N–H and O–H groups in total. The highest BCUT2D eigenvalue weighted by Gasteiger charge is 2.46. The molecule has 13 heteroatoms. The molecule has 0 radical (unpaired) electrons. The van der Waals surface area contributed by atoms with Crippen LogP contribution in [0.2, 0.25) is 0 Å². The fourth-order valence-electron chi connectivity index (χ4n) is 4.09. The molecule has 0 aromatic heterocycles. The van der Waals surface area contributed by atoms with Crippen LogP contribution in [0.15, 0.2) is 18.2 Å². The number of imide groups is 2. The normalized spacial score (nSPS) is 17.1. The molecule has 0 saturated carbocycles. The van der Waals surface area contributed by atoms with Crippen molar-refractivity contribution in [3.63, 3.8) is 0 Å². The Balaban J connectivity index is 0.000000638. The monoisotopic (exact) mass is 543 g/mol. The van der Waals surface area contributed by atoms with Gasteiger partial charge in [0.25, 0.3) is 11.8 Å². The van der Waals surface area contributed by atoms with E-state index >= 15 is 0 Å². The number of hydrogen-bond acceptors (Lipinski definition) is 7. The third kappa shape index (κ3) is 8.54. The zero-order chi connectivity index (χ0) is 28.3. The summed E-state index contributed by atoms with van der Waals surface area (Å²) in [5.74, 6) is -4.45. The summed E-state index contributed by atoms with van der Waals surface area (Å²) < 4.78 is 37.6. The number of fused-ring (bicyclic) bond motifs is 1. The second-order valence-electron chi connectivity index (χ2n) is 8.89. The minimum Gasteiger partial charge on any atom is -0.493 e. The first-order valence-electron chi connectivity index (χ1n) is 12.5. The molecule has 10 nitrogen and oxygen atoms in total. The van der Waals surface area contributed by atoms with E-state index < -0.39 is 41.8 Å². The number of halogens is 3. The maximum Gasteiger partial charge on any atom is 0.490 e. The number of carbonyl (C=O) groups is 5. The van der Waals surface area contributed by atoms with E-state index in [2.05, 4.69) is 5.32 Å². The van der Waals surface area contributed by atoms with Gasteiger partial charge >= 0.3 is 12.1 Å². The van der Waals surface area contributed by atoms with Gasteiger partial charge in [0.15, 0.2) is 0 Å². The van der Waals surface area contributed by atoms with E-state index in [1.54, 1.807) is 18.2 Å². The first kappa shape index (κ1) is 30.7. The molecule has 2 aliphatic heterocycles. The Morgan fingerprint density at radius 1 is 1.00 bits per heavy atom. The van der Waals surface area contributed by atoms with E-state index in [9.17, 15) is 32.3 Å². The Hall–Kier alpha value is -3.48. The van der Waals surface area contributed by atoms with Crippen LogP contribution in [0.5, 0.6) is 5.75 Å². The molecule has 210 valence electrons. The van der Waals surface area contributed by atoms with Crippen LogP contribution in [0.4, 0.5) is 13.2 Å². The van der Waals surface area contributed by atoms with Gasteiger partial charge in [-0.25, -0.2) is 4.79 Å². The number of carboxylic acids is 1. The van der Waals surface area contributed by atoms with Gasteiger partial charge in [-0.2, -0.15) is 13.2 Å². The van der Waals surface area contributed by atoms with Gasteiger partial charge in [0, 0.05) is 6.42 Å². The van der Waals surface area contributed by atoms with Crippen LogP contribution in [0.3, 0.4) is 0 Å². The van der Waals surface area contributed by atoms with E-state index in [4.69, 9.17) is 20.4 Å². The molecular weight excluding hydrogens is 511 g/mol. The number of unbranched alkanes of at least 4 members (excludes halogenated alkanes) is 7. The van der Waals surface area contributed by atoms with Crippen LogP contribution in [0.25, 0.3) is 0 Å². The fourth-order valence-corrected chi connectivity index (χ4v) is 4.09. The second-order valence-corrected chi connectivity index (χ2v) is 8.89. The third-order valence-corrected chi connectivity index (χ3v) is 6.03. The summed E-state index contributed by atoms with van der Waals surface area (Å²) in [4.78, 5) is 59.2. The van der Waals surface area contributed by atoms with Crippen LogP contribution in [-0.2, 0) is 14.4 Å². The number of nitrogens with two attached hydrogens (primary N) is 1. The zero-order valence-electron chi connectivity index (χ0n) is 20.8. The summed E-state index contributed by atoms with van der Waals surface area (Å²) in [5.41, 5.74) is 5.94. The van der Waals surface area contributed by atoms with E-state index in [0.29, 0.717) is 12.4 Å². The molecular formula is C25H32F3N3O7. The van der Waals surface area contributed by atoms with E-state index in [1.165, 1.54) is 25.7 Å². The molecule has 1 unspecified atom stereocenters. The first-order chi connectivity index (χ1) is 18.0. The van der Waals surface area contributed by atoms with E-state index in [-0.39, 0.29) is 24.0 Å². The lowest BCUT2D eigenvalue weighted by Crippen LogP contribution is -2.54. The molecule has 1 aromatic rings. The number of alkyl halides is 3. The third-order valence-electron chi connectivity index (χ3n) is 6.03. The average molecular weight is 544 g/mol. The minimum atomic E-state index is -5.08. The Labute approximate surface area is 217 Å². The van der Waals surface area contributed by atoms with Crippen LogP contribution >= 0.6 is 0 Å². The van der Waals surface area contributed by atoms with Crippen LogP contribution in [0.1, 0.15) is 84.9 Å². The number of carbonyl (C=O) groups excluding carboxylic acids is 4. The summed E-state index contributed by atoms with van der Waals surface area (Å²) in [6, 6.07) is 3.95. The lowest BCUT2D eigenvalue weighted by Gasteiger charge is -2.27. The summed E-state index contributed by atoms with van der Waals surface area (Å²) in [6.45, 7) is 1.23. The highest BCUT2D eigenvalue weighted by atomic mass is 19.4. The van der Waals surface area contributed by atoms with Crippen LogP contribution < -0.4 is 15.8 Å². The molecule has 1 atom stereocenters. The molecule has 1 saturated heterocycles. The Kier molecular flexibility index (Phi) is 11.7. The highest BCUT2D eigenvalue weighted by molar-refractivity contribution is 6.24. The Bertz CT molecular complexity index is 1030. The quantitative estimate of drug-likeness (QED) is 0.268. The molecule has 1 fully saturated rings. The topological polar surface area (TPSA) is 156 Å². The van der Waals surface area contributed by atoms with Gasteiger partial charge in [0.2, 0.25) is 11.8 Å². The van der Waals surface area contributed by atoms with Gasteiger partial charge < -0.3 is 15.6 Å².